The van der Waals surface area contributed by atoms with Crippen LogP contribution in [0.2, 0.25) is 0 Å². The van der Waals surface area contributed by atoms with Gasteiger partial charge in [0.1, 0.15) is 0 Å². The van der Waals surface area contributed by atoms with Crippen LogP contribution in [-0.2, 0) is 9.53 Å². The topological polar surface area (TPSA) is 65.4 Å². The van der Waals surface area contributed by atoms with E-state index < -0.39 is 0 Å². The van der Waals surface area contributed by atoms with Crippen molar-refractivity contribution >= 4 is 23.4 Å². The summed E-state index contributed by atoms with van der Waals surface area (Å²) in [7, 11) is 0. The molecule has 1 heterocycles. The Bertz CT molecular complexity index is 573. The highest BCUT2D eigenvalue weighted by atomic mass is 32.2. The van der Waals surface area contributed by atoms with Crippen molar-refractivity contribution in [2.45, 2.75) is 36.5 Å². The van der Waals surface area contributed by atoms with Gasteiger partial charge in [0.05, 0.1) is 31.5 Å². The molecule has 124 valence electrons. The highest BCUT2D eigenvalue weighted by Gasteiger charge is 2.21. The number of ether oxygens (including phenoxy) is 1. The summed E-state index contributed by atoms with van der Waals surface area (Å²) in [6.45, 7) is 6.59. The second kappa shape index (κ2) is 8.92. The van der Waals surface area contributed by atoms with Crippen LogP contribution in [0.25, 0.3) is 0 Å². The Hall–Kier alpha value is -1.55. The van der Waals surface area contributed by atoms with Crippen LogP contribution in [0, 0.1) is 11.3 Å². The Morgan fingerprint density at radius 1 is 1.57 bits per heavy atom. The molecule has 0 aliphatic carbocycles. The van der Waals surface area contributed by atoms with Crippen molar-refractivity contribution in [2.24, 2.45) is 0 Å². The van der Waals surface area contributed by atoms with Crippen LogP contribution in [0.15, 0.2) is 29.2 Å². The average Bonchev–Trinajstić information content (AvgIpc) is 2.52. The van der Waals surface area contributed by atoms with Gasteiger partial charge in [-0.1, -0.05) is 19.1 Å². The first kappa shape index (κ1) is 17.8. The number of rotatable bonds is 6. The number of nitriles is 1. The van der Waals surface area contributed by atoms with Crippen LogP contribution in [-0.4, -0.2) is 48.4 Å². The summed E-state index contributed by atoms with van der Waals surface area (Å²) < 4.78 is 5.39. The number of hydrogen-bond donors (Lipinski definition) is 1. The van der Waals surface area contributed by atoms with E-state index in [-0.39, 0.29) is 17.2 Å². The van der Waals surface area contributed by atoms with E-state index in [1.54, 1.807) is 11.8 Å². The molecular weight excluding hydrogens is 310 g/mol. The molecule has 1 fully saturated rings. The number of thioether (sulfide) groups is 1. The molecule has 23 heavy (non-hydrogen) atoms. The predicted octanol–water partition coefficient (Wildman–Crippen LogP) is 2.74. The third kappa shape index (κ3) is 5.54. The number of amides is 1. The molecule has 5 nitrogen and oxygen atoms in total. The summed E-state index contributed by atoms with van der Waals surface area (Å²) in [4.78, 5) is 15.5. The van der Waals surface area contributed by atoms with Crippen molar-refractivity contribution in [1.29, 1.82) is 5.26 Å². The quantitative estimate of drug-likeness (QED) is 0.811. The average molecular weight is 333 g/mol. The molecule has 1 aliphatic heterocycles. The van der Waals surface area contributed by atoms with Gasteiger partial charge in [-0.05, 0) is 19.1 Å². The first-order valence-electron chi connectivity index (χ1n) is 7.84. The second-order valence-electron chi connectivity index (χ2n) is 5.73. The standard InChI is InChI=1S/C17H23N3O2S/c1-13-12-22-10-9-20(13)11-17(21)19-15-5-3-4-6-16(15)23-14(2)7-8-18/h3-6,13-14H,7,9-12H2,1-2H3,(H,19,21)/t13-,14+/m1/s1. The summed E-state index contributed by atoms with van der Waals surface area (Å²) in [5, 5.41) is 12.0. The number of benzene rings is 1. The Balaban J connectivity index is 1.96. The van der Waals surface area contributed by atoms with Crippen molar-refractivity contribution in [2.75, 3.05) is 31.6 Å². The third-order valence-electron chi connectivity index (χ3n) is 3.72. The van der Waals surface area contributed by atoms with Crippen molar-refractivity contribution in [3.8, 4) is 6.07 Å². The molecule has 0 saturated carbocycles. The molecule has 0 bridgehead atoms. The van der Waals surface area contributed by atoms with E-state index >= 15 is 0 Å². The number of hydrogen-bond acceptors (Lipinski definition) is 5. The minimum absolute atomic E-state index is 0.0141. The van der Waals surface area contributed by atoms with Crippen LogP contribution in [0.5, 0.6) is 0 Å². The van der Waals surface area contributed by atoms with E-state index in [9.17, 15) is 4.79 Å². The van der Waals surface area contributed by atoms with Gasteiger partial charge >= 0.3 is 0 Å². The molecule has 0 unspecified atom stereocenters. The van der Waals surface area contributed by atoms with E-state index in [2.05, 4.69) is 23.2 Å². The zero-order valence-corrected chi connectivity index (χ0v) is 14.4. The van der Waals surface area contributed by atoms with Crippen LogP contribution >= 0.6 is 11.8 Å². The first-order chi connectivity index (χ1) is 11.1. The lowest BCUT2D eigenvalue weighted by molar-refractivity contribution is -0.119. The first-order valence-corrected chi connectivity index (χ1v) is 8.72. The van der Waals surface area contributed by atoms with E-state index in [1.165, 1.54) is 0 Å². The van der Waals surface area contributed by atoms with Gasteiger partial charge in [0.2, 0.25) is 5.91 Å². The fourth-order valence-corrected chi connectivity index (χ4v) is 3.42. The molecule has 1 amide bonds. The fourth-order valence-electron chi connectivity index (χ4n) is 2.43. The Morgan fingerprint density at radius 2 is 2.35 bits per heavy atom. The molecule has 2 atom stereocenters. The number of para-hydroxylation sites is 1. The lowest BCUT2D eigenvalue weighted by atomic mass is 10.2. The summed E-state index contributed by atoms with van der Waals surface area (Å²) >= 11 is 1.61. The van der Waals surface area contributed by atoms with E-state index in [0.29, 0.717) is 26.2 Å². The zero-order valence-electron chi connectivity index (χ0n) is 13.6. The highest BCUT2D eigenvalue weighted by molar-refractivity contribution is 8.00. The van der Waals surface area contributed by atoms with E-state index in [4.69, 9.17) is 10.00 Å². The monoisotopic (exact) mass is 333 g/mol. The molecule has 1 aromatic carbocycles. The van der Waals surface area contributed by atoms with Gasteiger partial charge in [-0.15, -0.1) is 11.8 Å². The van der Waals surface area contributed by atoms with E-state index in [0.717, 1.165) is 17.1 Å². The molecule has 1 aromatic rings. The van der Waals surface area contributed by atoms with Crippen LogP contribution in [0.3, 0.4) is 0 Å². The summed E-state index contributed by atoms with van der Waals surface area (Å²) in [6, 6.07) is 10.2. The van der Waals surface area contributed by atoms with Gasteiger partial charge < -0.3 is 10.1 Å². The third-order valence-corrected chi connectivity index (χ3v) is 4.90. The molecule has 1 saturated heterocycles. The Kier molecular flexibility index (Phi) is 6.90. The smallest absolute Gasteiger partial charge is 0.238 e. The fraction of sp³-hybridized carbons (Fsp3) is 0.529. The van der Waals surface area contributed by atoms with Crippen LogP contribution < -0.4 is 5.32 Å². The molecule has 1 aliphatic rings. The van der Waals surface area contributed by atoms with Crippen molar-refractivity contribution in [3.05, 3.63) is 24.3 Å². The molecule has 0 spiro atoms. The molecule has 0 radical (unpaired) electrons. The second-order valence-corrected chi connectivity index (χ2v) is 7.21. The molecule has 0 aromatic heterocycles. The summed E-state index contributed by atoms with van der Waals surface area (Å²) in [5.41, 5.74) is 0.813. The van der Waals surface area contributed by atoms with E-state index in [1.807, 2.05) is 31.2 Å². The number of carbonyl (C=O) groups is 1. The van der Waals surface area contributed by atoms with Gasteiger partial charge in [0.25, 0.3) is 0 Å². The number of carbonyl (C=O) groups excluding carboxylic acids is 1. The lowest BCUT2D eigenvalue weighted by Crippen LogP contribution is -2.47. The maximum absolute atomic E-state index is 12.3. The zero-order chi connectivity index (χ0) is 16.7. The molecule has 2 rings (SSSR count). The minimum Gasteiger partial charge on any atom is -0.379 e. The summed E-state index contributed by atoms with van der Waals surface area (Å²) in [6.07, 6.45) is 0.484. The predicted molar refractivity (Wildman–Crippen MR) is 92.5 cm³/mol. The Labute approximate surface area is 142 Å². The minimum atomic E-state index is -0.0141. The van der Waals surface area contributed by atoms with Gasteiger partial charge in [0.15, 0.2) is 0 Å². The van der Waals surface area contributed by atoms with Gasteiger partial charge in [-0.3, -0.25) is 9.69 Å². The van der Waals surface area contributed by atoms with Gasteiger partial charge in [-0.2, -0.15) is 5.26 Å². The lowest BCUT2D eigenvalue weighted by Gasteiger charge is -2.32. The van der Waals surface area contributed by atoms with Crippen LogP contribution in [0.4, 0.5) is 5.69 Å². The number of morpholine rings is 1. The van der Waals surface area contributed by atoms with Crippen molar-refractivity contribution < 1.29 is 9.53 Å². The van der Waals surface area contributed by atoms with Gasteiger partial charge in [-0.25, -0.2) is 0 Å². The molecular formula is C17H23N3O2S. The summed E-state index contributed by atoms with van der Waals surface area (Å²) in [5.74, 6) is -0.0141. The Morgan fingerprint density at radius 3 is 3.09 bits per heavy atom. The van der Waals surface area contributed by atoms with Crippen molar-refractivity contribution in [3.63, 3.8) is 0 Å². The van der Waals surface area contributed by atoms with Crippen molar-refractivity contribution in [1.82, 2.24) is 4.90 Å². The van der Waals surface area contributed by atoms with Gasteiger partial charge in [0, 0.05) is 29.2 Å². The maximum Gasteiger partial charge on any atom is 0.238 e. The number of nitrogens with zero attached hydrogens (tertiary/aromatic N) is 2. The highest BCUT2D eigenvalue weighted by Crippen LogP contribution is 2.31. The molecule has 1 N–H and O–H groups in total. The number of anilines is 1. The SMILES string of the molecule is C[C@@H]1COCCN1CC(=O)Nc1ccccc1S[C@@H](C)CC#N. The maximum atomic E-state index is 12.3. The largest absolute Gasteiger partial charge is 0.379 e. The normalized spacial score (nSPS) is 19.8. The van der Waals surface area contributed by atoms with Crippen LogP contribution in [0.1, 0.15) is 20.3 Å². The molecule has 6 heteroatoms. The number of nitrogens with one attached hydrogen (secondary N) is 1.